The Kier molecular flexibility index (Phi) is 4.15. The first-order chi connectivity index (χ1) is 8.69. The molecule has 0 aliphatic carbocycles. The second-order valence-electron chi connectivity index (χ2n) is 3.99. The number of nitrogens with one attached hydrogen (secondary N) is 1. The number of benzene rings is 1. The van der Waals surface area contributed by atoms with Gasteiger partial charge in [-0.2, -0.15) is 0 Å². The molecular formula is C14H16ClNO2. The second kappa shape index (κ2) is 5.83. The van der Waals surface area contributed by atoms with Crippen LogP contribution in [0.3, 0.4) is 0 Å². The summed E-state index contributed by atoms with van der Waals surface area (Å²) in [6.07, 6.45) is 0. The molecule has 0 bridgehead atoms. The molecule has 4 heteroatoms. The van der Waals surface area contributed by atoms with Crippen molar-refractivity contribution in [2.24, 2.45) is 0 Å². The molecule has 0 unspecified atom stereocenters. The zero-order valence-electron chi connectivity index (χ0n) is 10.5. The molecule has 3 nitrogen and oxygen atoms in total. The van der Waals surface area contributed by atoms with Crippen molar-refractivity contribution in [3.8, 4) is 5.75 Å². The number of furan rings is 1. The van der Waals surface area contributed by atoms with Gasteiger partial charge in [-0.05, 0) is 55.3 Å². The van der Waals surface area contributed by atoms with E-state index in [0.29, 0.717) is 18.4 Å². The van der Waals surface area contributed by atoms with Crippen molar-refractivity contribution >= 4 is 17.3 Å². The van der Waals surface area contributed by atoms with E-state index in [2.05, 4.69) is 5.32 Å². The van der Waals surface area contributed by atoms with Gasteiger partial charge < -0.3 is 14.5 Å². The Hall–Kier alpha value is -1.61. The predicted molar refractivity (Wildman–Crippen MR) is 73.4 cm³/mol. The van der Waals surface area contributed by atoms with Gasteiger partial charge in [-0.1, -0.05) is 6.07 Å². The molecule has 0 aliphatic rings. The highest BCUT2D eigenvalue weighted by molar-refractivity contribution is 6.28. The molecule has 0 amide bonds. The van der Waals surface area contributed by atoms with Crippen molar-refractivity contribution in [1.82, 2.24) is 0 Å². The van der Waals surface area contributed by atoms with Crippen LogP contribution >= 0.6 is 11.6 Å². The monoisotopic (exact) mass is 265 g/mol. The maximum Gasteiger partial charge on any atom is 0.193 e. The van der Waals surface area contributed by atoms with Crippen LogP contribution in [0.15, 0.2) is 34.7 Å². The van der Waals surface area contributed by atoms with Gasteiger partial charge in [0, 0.05) is 0 Å². The summed E-state index contributed by atoms with van der Waals surface area (Å²) in [5.74, 6) is 1.65. The van der Waals surface area contributed by atoms with Crippen LogP contribution in [-0.2, 0) is 6.54 Å². The van der Waals surface area contributed by atoms with E-state index in [1.54, 1.807) is 6.07 Å². The second-order valence-corrected chi connectivity index (χ2v) is 4.36. The van der Waals surface area contributed by atoms with Crippen molar-refractivity contribution < 1.29 is 9.15 Å². The lowest BCUT2D eigenvalue weighted by Gasteiger charge is -2.12. The minimum Gasteiger partial charge on any atom is -0.492 e. The van der Waals surface area contributed by atoms with Crippen molar-refractivity contribution in [1.29, 1.82) is 0 Å². The molecule has 0 spiro atoms. The normalized spacial score (nSPS) is 10.4. The van der Waals surface area contributed by atoms with Crippen LogP contribution in [0.1, 0.15) is 18.2 Å². The number of hydrogen-bond acceptors (Lipinski definition) is 3. The number of aryl methyl sites for hydroxylation is 1. The zero-order chi connectivity index (χ0) is 13.0. The molecule has 1 aromatic heterocycles. The van der Waals surface area contributed by atoms with E-state index in [0.717, 1.165) is 17.2 Å². The standard InChI is InChI=1S/C14H16ClNO2/c1-3-17-13-8-10(2)4-6-12(13)16-9-11-5-7-14(15)18-11/h4-8,16H,3,9H2,1-2H3. The summed E-state index contributed by atoms with van der Waals surface area (Å²) in [5, 5.41) is 3.68. The first-order valence-corrected chi connectivity index (χ1v) is 6.28. The Bertz CT molecular complexity index is 522. The lowest BCUT2D eigenvalue weighted by atomic mass is 10.2. The van der Waals surface area contributed by atoms with Crippen molar-refractivity contribution in [2.45, 2.75) is 20.4 Å². The third kappa shape index (κ3) is 3.20. The van der Waals surface area contributed by atoms with E-state index >= 15 is 0 Å². The molecular weight excluding hydrogens is 250 g/mol. The fourth-order valence-electron chi connectivity index (χ4n) is 1.68. The highest BCUT2D eigenvalue weighted by Crippen LogP contribution is 2.26. The van der Waals surface area contributed by atoms with Crippen molar-refractivity contribution in [3.63, 3.8) is 0 Å². The number of hydrogen-bond donors (Lipinski definition) is 1. The average molecular weight is 266 g/mol. The minimum absolute atomic E-state index is 0.403. The zero-order valence-corrected chi connectivity index (χ0v) is 11.3. The van der Waals surface area contributed by atoms with Gasteiger partial charge in [0.25, 0.3) is 0 Å². The average Bonchev–Trinajstić information content (AvgIpc) is 2.75. The summed E-state index contributed by atoms with van der Waals surface area (Å²) >= 11 is 5.72. The molecule has 1 N–H and O–H groups in total. The maximum absolute atomic E-state index is 5.72. The smallest absolute Gasteiger partial charge is 0.193 e. The molecule has 0 saturated heterocycles. The third-order valence-corrected chi connectivity index (χ3v) is 2.72. The molecule has 2 rings (SSSR count). The Morgan fingerprint density at radius 3 is 2.78 bits per heavy atom. The van der Waals surface area contributed by atoms with Gasteiger partial charge in [0.15, 0.2) is 5.22 Å². The Labute approximate surface area is 112 Å². The molecule has 0 atom stereocenters. The number of anilines is 1. The van der Waals surface area contributed by atoms with Crippen LogP contribution in [0, 0.1) is 6.92 Å². The van der Waals surface area contributed by atoms with Gasteiger partial charge in [-0.25, -0.2) is 0 Å². The van der Waals surface area contributed by atoms with Gasteiger partial charge >= 0.3 is 0 Å². The van der Waals surface area contributed by atoms with E-state index in [1.807, 2.05) is 38.1 Å². The van der Waals surface area contributed by atoms with Crippen LogP contribution in [0.4, 0.5) is 5.69 Å². The molecule has 0 radical (unpaired) electrons. The lowest BCUT2D eigenvalue weighted by molar-refractivity contribution is 0.341. The highest BCUT2D eigenvalue weighted by Gasteiger charge is 2.05. The minimum atomic E-state index is 0.403. The molecule has 0 saturated carbocycles. The molecule has 18 heavy (non-hydrogen) atoms. The number of rotatable bonds is 5. The first-order valence-electron chi connectivity index (χ1n) is 5.90. The van der Waals surface area contributed by atoms with Gasteiger partial charge in [-0.15, -0.1) is 0 Å². The summed E-state index contributed by atoms with van der Waals surface area (Å²) in [6.45, 7) is 5.23. The summed E-state index contributed by atoms with van der Waals surface area (Å²) in [5.41, 5.74) is 2.13. The quantitative estimate of drug-likeness (QED) is 0.877. The van der Waals surface area contributed by atoms with E-state index < -0.39 is 0 Å². The van der Waals surface area contributed by atoms with Gasteiger partial charge in [0.05, 0.1) is 18.8 Å². The molecule has 0 aliphatic heterocycles. The Morgan fingerprint density at radius 1 is 1.28 bits per heavy atom. The van der Waals surface area contributed by atoms with Crippen molar-refractivity contribution in [2.75, 3.05) is 11.9 Å². The molecule has 2 aromatic rings. The molecule has 96 valence electrons. The van der Waals surface area contributed by atoms with E-state index in [4.69, 9.17) is 20.8 Å². The molecule has 1 heterocycles. The predicted octanol–water partition coefficient (Wildman–Crippen LogP) is 4.25. The van der Waals surface area contributed by atoms with Gasteiger partial charge in [-0.3, -0.25) is 0 Å². The van der Waals surface area contributed by atoms with Crippen molar-refractivity contribution in [3.05, 3.63) is 46.9 Å². The maximum atomic E-state index is 5.72. The van der Waals surface area contributed by atoms with Crippen LogP contribution in [0.25, 0.3) is 0 Å². The van der Waals surface area contributed by atoms with Crippen LogP contribution in [0.2, 0.25) is 5.22 Å². The van der Waals surface area contributed by atoms with Gasteiger partial charge in [0.2, 0.25) is 0 Å². The summed E-state index contributed by atoms with van der Waals surface area (Å²) in [7, 11) is 0. The van der Waals surface area contributed by atoms with Gasteiger partial charge in [0.1, 0.15) is 11.5 Å². The molecule has 1 aromatic carbocycles. The Balaban J connectivity index is 2.08. The summed E-state index contributed by atoms with van der Waals surface area (Å²) in [4.78, 5) is 0. The first kappa shape index (κ1) is 12.8. The van der Waals surface area contributed by atoms with Crippen LogP contribution in [0.5, 0.6) is 5.75 Å². The summed E-state index contributed by atoms with van der Waals surface area (Å²) in [6, 6.07) is 9.65. The SMILES string of the molecule is CCOc1cc(C)ccc1NCc1ccc(Cl)o1. The third-order valence-electron chi connectivity index (χ3n) is 2.52. The van der Waals surface area contributed by atoms with Crippen LogP contribution in [-0.4, -0.2) is 6.61 Å². The molecule has 0 fully saturated rings. The highest BCUT2D eigenvalue weighted by atomic mass is 35.5. The number of halogens is 1. The largest absolute Gasteiger partial charge is 0.492 e. The fourth-order valence-corrected chi connectivity index (χ4v) is 1.84. The van der Waals surface area contributed by atoms with E-state index in [-0.39, 0.29) is 0 Å². The Morgan fingerprint density at radius 2 is 2.11 bits per heavy atom. The lowest BCUT2D eigenvalue weighted by Crippen LogP contribution is -2.02. The summed E-state index contributed by atoms with van der Waals surface area (Å²) < 4.78 is 10.9. The van der Waals surface area contributed by atoms with E-state index in [1.165, 1.54) is 5.56 Å². The fraction of sp³-hybridized carbons (Fsp3) is 0.286. The number of ether oxygens (including phenoxy) is 1. The topological polar surface area (TPSA) is 34.4 Å². The van der Waals surface area contributed by atoms with Crippen LogP contribution < -0.4 is 10.1 Å². The van der Waals surface area contributed by atoms with E-state index in [9.17, 15) is 0 Å².